The topological polar surface area (TPSA) is 76.4 Å². The van der Waals surface area contributed by atoms with Crippen molar-refractivity contribution in [3.63, 3.8) is 0 Å². The Labute approximate surface area is 163 Å². The molecule has 1 aromatic heterocycles. The highest BCUT2D eigenvalue weighted by Crippen LogP contribution is 2.51. The lowest BCUT2D eigenvalue weighted by Crippen LogP contribution is -2.03. The van der Waals surface area contributed by atoms with E-state index in [0.717, 1.165) is 17.2 Å². The largest absolute Gasteiger partial charge is 0.403 e. The molecule has 9 heteroatoms. The number of rotatable bonds is 9. The van der Waals surface area contributed by atoms with Crippen molar-refractivity contribution >= 4 is 40.7 Å². The van der Waals surface area contributed by atoms with E-state index in [1.807, 2.05) is 26.0 Å². The van der Waals surface area contributed by atoms with E-state index in [4.69, 9.17) is 25.4 Å². The van der Waals surface area contributed by atoms with Crippen LogP contribution in [0.4, 0.5) is 10.7 Å². The summed E-state index contributed by atoms with van der Waals surface area (Å²) in [5.74, 6) is 0.604. The van der Waals surface area contributed by atoms with Crippen LogP contribution in [0, 0.1) is 11.3 Å². The number of hydrogen-bond acceptors (Lipinski definition) is 8. The summed E-state index contributed by atoms with van der Waals surface area (Å²) in [5, 5.41) is 13.3. The number of aromatic nitrogens is 1. The maximum absolute atomic E-state index is 9.53. The summed E-state index contributed by atoms with van der Waals surface area (Å²) in [6.45, 7) is 5.65. The van der Waals surface area contributed by atoms with Crippen LogP contribution in [0.25, 0.3) is 0 Å². The van der Waals surface area contributed by atoms with Crippen molar-refractivity contribution in [1.29, 1.82) is 5.26 Å². The van der Waals surface area contributed by atoms with Gasteiger partial charge in [0, 0.05) is 17.5 Å². The molecule has 0 aliphatic heterocycles. The summed E-state index contributed by atoms with van der Waals surface area (Å²) < 4.78 is 20.8. The first-order valence-electron chi connectivity index (χ1n) is 8.27. The van der Waals surface area contributed by atoms with Gasteiger partial charge < -0.3 is 9.84 Å². The molecule has 26 heavy (non-hydrogen) atoms. The number of hydrogen-bond donors (Lipinski definition) is 1. The van der Waals surface area contributed by atoms with Gasteiger partial charge >= 0.3 is 6.72 Å². The predicted molar refractivity (Wildman–Crippen MR) is 109 cm³/mol. The number of anilines is 2. The van der Waals surface area contributed by atoms with E-state index in [1.54, 1.807) is 0 Å². The summed E-state index contributed by atoms with van der Waals surface area (Å²) in [4.78, 5) is 0. The van der Waals surface area contributed by atoms with Crippen LogP contribution >= 0.6 is 18.3 Å². The Morgan fingerprint density at radius 2 is 1.85 bits per heavy atom. The summed E-state index contributed by atoms with van der Waals surface area (Å²) in [6, 6.07) is 10.2. The van der Waals surface area contributed by atoms with Crippen LogP contribution in [0.5, 0.6) is 5.88 Å². The molecule has 0 radical (unpaired) electrons. The molecule has 1 heterocycles. The van der Waals surface area contributed by atoms with Crippen molar-refractivity contribution in [2.45, 2.75) is 33.6 Å². The van der Waals surface area contributed by atoms with Crippen molar-refractivity contribution in [2.75, 3.05) is 18.5 Å². The van der Waals surface area contributed by atoms with Crippen LogP contribution in [0.15, 0.2) is 24.3 Å². The Morgan fingerprint density at radius 3 is 2.35 bits per heavy atom. The maximum atomic E-state index is 9.53. The van der Waals surface area contributed by atoms with Gasteiger partial charge in [-0.25, -0.2) is 0 Å². The zero-order valence-electron chi connectivity index (χ0n) is 15.2. The molecule has 0 unspecified atom stereocenters. The van der Waals surface area contributed by atoms with E-state index >= 15 is 0 Å². The molecule has 140 valence electrons. The first-order valence-corrected chi connectivity index (χ1v) is 11.6. The first-order chi connectivity index (χ1) is 12.4. The van der Waals surface area contributed by atoms with Crippen LogP contribution in [0.2, 0.25) is 0 Å². The lowest BCUT2D eigenvalue weighted by atomic mass is 10.0. The van der Waals surface area contributed by atoms with Gasteiger partial charge in [0.2, 0.25) is 0 Å². The second-order valence-corrected chi connectivity index (χ2v) is 9.29. The second kappa shape index (κ2) is 9.45. The van der Waals surface area contributed by atoms with Crippen LogP contribution < -0.4 is 9.84 Å². The van der Waals surface area contributed by atoms with Crippen molar-refractivity contribution < 1.29 is 13.6 Å². The van der Waals surface area contributed by atoms with E-state index in [0.29, 0.717) is 24.1 Å². The molecule has 1 aromatic carbocycles. The van der Waals surface area contributed by atoms with Crippen LogP contribution in [-0.4, -0.2) is 17.6 Å². The lowest BCUT2D eigenvalue weighted by Gasteiger charge is -2.19. The van der Waals surface area contributed by atoms with Gasteiger partial charge in [-0.05, 0) is 49.0 Å². The van der Waals surface area contributed by atoms with Crippen molar-refractivity contribution in [3.8, 4) is 11.9 Å². The van der Waals surface area contributed by atoms with Crippen molar-refractivity contribution in [1.82, 2.24) is 4.37 Å². The molecular weight excluding hydrogens is 389 g/mol. The second-order valence-electron chi connectivity index (χ2n) is 5.58. The molecule has 0 aliphatic rings. The molecule has 0 amide bonds. The molecule has 0 saturated carbocycles. The summed E-state index contributed by atoms with van der Waals surface area (Å²) in [6.07, 6.45) is 0. The fourth-order valence-electron chi connectivity index (χ4n) is 2.12. The highest BCUT2D eigenvalue weighted by molar-refractivity contribution is 8.07. The third-order valence-electron chi connectivity index (χ3n) is 3.38. The average molecular weight is 411 g/mol. The molecule has 0 aliphatic carbocycles. The minimum absolute atomic E-state index is 0.143. The summed E-state index contributed by atoms with van der Waals surface area (Å²) in [7, 11) is 0. The third kappa shape index (κ3) is 5.26. The average Bonchev–Trinajstić information content (AvgIpc) is 2.96. The van der Waals surface area contributed by atoms with E-state index in [2.05, 4.69) is 41.7 Å². The zero-order chi connectivity index (χ0) is 19.2. The Hall–Kier alpha value is -1.49. The van der Waals surface area contributed by atoms with E-state index in [-0.39, 0.29) is 11.4 Å². The monoisotopic (exact) mass is 411 g/mol. The van der Waals surface area contributed by atoms with Gasteiger partial charge in [-0.3, -0.25) is 9.05 Å². The highest BCUT2D eigenvalue weighted by Gasteiger charge is 2.26. The van der Waals surface area contributed by atoms with Gasteiger partial charge in [-0.2, -0.15) is 9.64 Å². The maximum Gasteiger partial charge on any atom is 0.381 e. The summed E-state index contributed by atoms with van der Waals surface area (Å²) in [5.41, 5.74) is 2.41. The van der Waals surface area contributed by atoms with E-state index in [1.165, 1.54) is 5.56 Å². The van der Waals surface area contributed by atoms with Crippen LogP contribution in [0.1, 0.15) is 44.7 Å². The number of nitrogens with one attached hydrogen (secondary N) is 1. The molecule has 1 N–H and O–H groups in total. The quantitative estimate of drug-likeness (QED) is 0.542. The molecule has 0 fully saturated rings. The van der Waals surface area contributed by atoms with Crippen molar-refractivity contribution in [3.05, 3.63) is 35.4 Å². The Kier molecular flexibility index (Phi) is 7.56. The van der Waals surface area contributed by atoms with E-state index in [9.17, 15) is 5.26 Å². The molecule has 2 aromatic rings. The minimum atomic E-state index is -2.97. The molecule has 0 spiro atoms. The Bertz CT molecular complexity index is 806. The standard InChI is InChI=1S/C17H22N3O3PS2/c1-5-21-24(25,22-6-2)23-16-15(11-18)17(26-20-16)19-14-9-7-13(8-10-14)12(3)4/h7-10,12,19H,5-6H2,1-4H3. The fraction of sp³-hybridized carbons (Fsp3) is 0.412. The van der Waals surface area contributed by atoms with Gasteiger partial charge in [-0.1, -0.05) is 26.0 Å². The lowest BCUT2D eigenvalue weighted by molar-refractivity contribution is 0.216. The molecule has 6 nitrogen and oxygen atoms in total. The smallest absolute Gasteiger partial charge is 0.381 e. The minimum Gasteiger partial charge on any atom is -0.403 e. The van der Waals surface area contributed by atoms with Gasteiger partial charge in [0.1, 0.15) is 11.1 Å². The summed E-state index contributed by atoms with van der Waals surface area (Å²) >= 11 is 6.48. The molecular formula is C17H22N3O3PS2. The number of nitriles is 1. The zero-order valence-corrected chi connectivity index (χ0v) is 17.7. The predicted octanol–water partition coefficient (Wildman–Crippen LogP) is 5.56. The molecule has 0 bridgehead atoms. The number of benzene rings is 1. The third-order valence-corrected chi connectivity index (χ3v) is 6.53. The van der Waals surface area contributed by atoms with Gasteiger partial charge in [-0.15, -0.1) is 0 Å². The molecule has 0 atom stereocenters. The van der Waals surface area contributed by atoms with Crippen LogP contribution in [-0.2, 0) is 20.9 Å². The Balaban J connectivity index is 2.22. The fourth-order valence-corrected chi connectivity index (χ4v) is 4.86. The van der Waals surface area contributed by atoms with Gasteiger partial charge in [0.25, 0.3) is 5.88 Å². The first kappa shape index (κ1) is 20.8. The Morgan fingerprint density at radius 1 is 1.23 bits per heavy atom. The van der Waals surface area contributed by atoms with Gasteiger partial charge in [0.05, 0.1) is 13.2 Å². The highest BCUT2D eigenvalue weighted by atomic mass is 32.5. The normalized spacial score (nSPS) is 11.4. The molecule has 0 saturated heterocycles. The SMILES string of the molecule is CCOP(=S)(OCC)Oc1nsc(Nc2ccc(C(C)C)cc2)c1C#N. The molecule has 2 rings (SSSR count). The number of nitrogens with zero attached hydrogens (tertiary/aromatic N) is 2. The van der Waals surface area contributed by atoms with Crippen LogP contribution in [0.3, 0.4) is 0 Å². The van der Waals surface area contributed by atoms with Crippen molar-refractivity contribution in [2.24, 2.45) is 0 Å². The van der Waals surface area contributed by atoms with E-state index < -0.39 is 6.72 Å². The van der Waals surface area contributed by atoms with Gasteiger partial charge in [0.15, 0.2) is 5.56 Å².